The second kappa shape index (κ2) is 13.1. The predicted molar refractivity (Wildman–Crippen MR) is 124 cm³/mol. The largest absolute Gasteiger partial charge is 0.378 e. The smallest absolute Gasteiger partial charge is 0.124 e. The molecule has 2 heteroatoms. The summed E-state index contributed by atoms with van der Waals surface area (Å²) in [5, 5.41) is 0.723. The maximum Gasteiger partial charge on any atom is 0.124 e. The first-order valence-electron chi connectivity index (χ1n) is 11.3. The summed E-state index contributed by atoms with van der Waals surface area (Å²) >= 11 is 1.62. The van der Waals surface area contributed by atoms with Gasteiger partial charge in [-0.05, 0) is 61.4 Å². The van der Waals surface area contributed by atoms with E-state index in [1.54, 1.807) is 11.8 Å². The fourth-order valence-electron chi connectivity index (χ4n) is 4.12. The molecule has 3 rings (SSSR count). The Morgan fingerprint density at radius 1 is 0.786 bits per heavy atom. The molecule has 0 amide bonds. The Balaban J connectivity index is 1.35. The molecule has 1 heterocycles. The summed E-state index contributed by atoms with van der Waals surface area (Å²) in [5.74, 6) is 1.34. The van der Waals surface area contributed by atoms with Crippen LogP contribution in [0, 0.1) is 0 Å². The highest BCUT2D eigenvalue weighted by Crippen LogP contribution is 2.19. The summed E-state index contributed by atoms with van der Waals surface area (Å²) < 4.78 is 5.85. The van der Waals surface area contributed by atoms with Crippen molar-refractivity contribution < 1.29 is 4.74 Å². The molecule has 0 aromatic heterocycles. The lowest BCUT2D eigenvalue weighted by atomic mass is 10.0. The number of ether oxygens (including phenoxy) is 1. The molecular formula is C26H37OS+. The van der Waals surface area contributed by atoms with Crippen molar-refractivity contribution in [2.45, 2.75) is 75.6 Å². The third kappa shape index (κ3) is 8.41. The van der Waals surface area contributed by atoms with Crippen LogP contribution in [0.4, 0.5) is 0 Å². The minimum Gasteiger partial charge on any atom is -0.378 e. The number of hydrogen-bond acceptors (Lipinski definition) is 1. The SMILES string of the molecule is c1ccc(CC(Cc2ccccc2)[SH+]CCCCCCC2CCCCO2)cc1. The van der Waals surface area contributed by atoms with Crippen molar-refractivity contribution in [1.82, 2.24) is 0 Å². The Labute approximate surface area is 176 Å². The molecule has 1 saturated heterocycles. The average Bonchev–Trinajstić information content (AvgIpc) is 2.75. The van der Waals surface area contributed by atoms with Gasteiger partial charge in [-0.15, -0.1) is 0 Å². The molecule has 0 N–H and O–H groups in total. The first kappa shape index (κ1) is 21.5. The highest BCUT2D eigenvalue weighted by atomic mass is 32.2. The molecule has 0 saturated carbocycles. The van der Waals surface area contributed by atoms with Crippen LogP contribution in [0.5, 0.6) is 0 Å². The number of benzene rings is 2. The molecule has 1 fully saturated rings. The van der Waals surface area contributed by atoms with Gasteiger partial charge < -0.3 is 4.74 Å². The lowest BCUT2D eigenvalue weighted by Gasteiger charge is -2.22. The average molecular weight is 398 g/mol. The minimum absolute atomic E-state index is 0.563. The standard InChI is InChI=1S/C26H36OS/c1(9-17-25-18-10-11-19-27-25)2-12-20-28-26(21-23-13-5-3-6-14-23)22-24-15-7-4-8-16-24/h3-8,13-16,25-26H,1-2,9-12,17-22H2/p+1. The highest BCUT2D eigenvalue weighted by Gasteiger charge is 2.18. The Kier molecular flexibility index (Phi) is 10.0. The Morgan fingerprint density at radius 3 is 2.04 bits per heavy atom. The van der Waals surface area contributed by atoms with E-state index in [1.165, 1.54) is 81.1 Å². The summed E-state index contributed by atoms with van der Waals surface area (Å²) in [5.41, 5.74) is 2.95. The fourth-order valence-corrected chi connectivity index (χ4v) is 5.57. The number of unbranched alkanes of at least 4 members (excludes halogenated alkanes) is 3. The van der Waals surface area contributed by atoms with E-state index in [2.05, 4.69) is 60.7 Å². The minimum atomic E-state index is 0.563. The zero-order valence-corrected chi connectivity index (χ0v) is 18.2. The van der Waals surface area contributed by atoms with Gasteiger partial charge in [-0.1, -0.05) is 73.5 Å². The van der Waals surface area contributed by atoms with E-state index in [9.17, 15) is 0 Å². The summed E-state index contributed by atoms with van der Waals surface area (Å²) in [7, 11) is 0. The van der Waals surface area contributed by atoms with E-state index < -0.39 is 0 Å². The van der Waals surface area contributed by atoms with Gasteiger partial charge in [0.15, 0.2) is 0 Å². The van der Waals surface area contributed by atoms with Crippen LogP contribution in [-0.2, 0) is 29.3 Å². The van der Waals surface area contributed by atoms with E-state index in [1.807, 2.05) is 0 Å². The quantitative estimate of drug-likeness (QED) is 0.236. The zero-order chi connectivity index (χ0) is 19.3. The molecule has 0 spiro atoms. The van der Waals surface area contributed by atoms with Crippen molar-refractivity contribution in [3.05, 3.63) is 71.8 Å². The number of hydrogen-bond donors (Lipinski definition) is 0. The molecule has 0 radical (unpaired) electrons. The predicted octanol–water partition coefficient (Wildman–Crippen LogP) is 6.17. The topological polar surface area (TPSA) is 9.23 Å². The van der Waals surface area contributed by atoms with Crippen LogP contribution in [0.15, 0.2) is 60.7 Å². The molecule has 2 aromatic rings. The molecule has 0 aliphatic carbocycles. The number of rotatable bonds is 12. The molecule has 1 aliphatic rings. The summed E-state index contributed by atoms with van der Waals surface area (Å²) in [4.78, 5) is 0. The Bertz CT molecular complexity index is 580. The number of thiol groups is 1. The van der Waals surface area contributed by atoms with Gasteiger partial charge in [0, 0.05) is 19.4 Å². The van der Waals surface area contributed by atoms with Crippen molar-refractivity contribution in [3.8, 4) is 0 Å². The van der Waals surface area contributed by atoms with E-state index in [4.69, 9.17) is 4.74 Å². The van der Waals surface area contributed by atoms with Crippen molar-refractivity contribution in [2.24, 2.45) is 0 Å². The molecule has 1 nitrogen and oxygen atoms in total. The highest BCUT2D eigenvalue weighted by molar-refractivity contribution is 7.79. The Hall–Kier alpha value is -1.25. The van der Waals surface area contributed by atoms with Gasteiger partial charge in [-0.2, -0.15) is 0 Å². The lowest BCUT2D eigenvalue weighted by molar-refractivity contribution is 0.00979. The van der Waals surface area contributed by atoms with Crippen molar-refractivity contribution >= 4 is 11.8 Å². The van der Waals surface area contributed by atoms with Crippen molar-refractivity contribution in [3.63, 3.8) is 0 Å². The summed E-state index contributed by atoms with van der Waals surface area (Å²) in [6, 6.07) is 22.0. The third-order valence-electron chi connectivity index (χ3n) is 5.72. The lowest BCUT2D eigenvalue weighted by Crippen LogP contribution is -2.19. The summed E-state index contributed by atoms with van der Waals surface area (Å²) in [6.45, 7) is 0.994. The normalized spacial score (nSPS) is 17.1. The van der Waals surface area contributed by atoms with Crippen LogP contribution < -0.4 is 0 Å². The Morgan fingerprint density at radius 2 is 1.43 bits per heavy atom. The van der Waals surface area contributed by atoms with Crippen LogP contribution in [0.1, 0.15) is 62.5 Å². The molecule has 152 valence electrons. The van der Waals surface area contributed by atoms with Crippen LogP contribution in [-0.4, -0.2) is 23.7 Å². The molecule has 1 atom stereocenters. The van der Waals surface area contributed by atoms with Gasteiger partial charge in [-0.25, -0.2) is 0 Å². The monoisotopic (exact) mass is 397 g/mol. The van der Waals surface area contributed by atoms with Gasteiger partial charge in [0.1, 0.15) is 11.0 Å². The first-order valence-corrected chi connectivity index (χ1v) is 12.4. The van der Waals surface area contributed by atoms with Crippen LogP contribution in [0.2, 0.25) is 0 Å². The molecule has 28 heavy (non-hydrogen) atoms. The van der Waals surface area contributed by atoms with Crippen LogP contribution >= 0.6 is 0 Å². The van der Waals surface area contributed by atoms with Gasteiger partial charge in [0.25, 0.3) is 0 Å². The van der Waals surface area contributed by atoms with Gasteiger partial charge in [-0.3, -0.25) is 0 Å². The molecule has 0 bridgehead atoms. The van der Waals surface area contributed by atoms with Crippen LogP contribution in [0.3, 0.4) is 0 Å². The van der Waals surface area contributed by atoms with Crippen molar-refractivity contribution in [2.75, 3.05) is 12.4 Å². The zero-order valence-electron chi connectivity index (χ0n) is 17.3. The first-order chi connectivity index (χ1) is 13.9. The molecule has 2 aromatic carbocycles. The van der Waals surface area contributed by atoms with E-state index in [-0.39, 0.29) is 0 Å². The van der Waals surface area contributed by atoms with Crippen molar-refractivity contribution in [1.29, 1.82) is 0 Å². The van der Waals surface area contributed by atoms with E-state index in [0.29, 0.717) is 6.10 Å². The second-order valence-corrected chi connectivity index (χ2v) is 9.67. The van der Waals surface area contributed by atoms with E-state index in [0.717, 1.165) is 11.9 Å². The third-order valence-corrected chi connectivity index (χ3v) is 7.18. The van der Waals surface area contributed by atoms with Gasteiger partial charge in [0.2, 0.25) is 0 Å². The maximum atomic E-state index is 5.85. The summed E-state index contributed by atoms with van der Waals surface area (Å²) in [6.07, 6.45) is 13.6. The molecule has 1 aliphatic heterocycles. The van der Waals surface area contributed by atoms with E-state index >= 15 is 0 Å². The van der Waals surface area contributed by atoms with Gasteiger partial charge >= 0.3 is 0 Å². The second-order valence-electron chi connectivity index (χ2n) is 8.13. The van der Waals surface area contributed by atoms with Crippen LogP contribution in [0.25, 0.3) is 0 Å². The van der Waals surface area contributed by atoms with Gasteiger partial charge in [0.05, 0.1) is 6.10 Å². The molecule has 1 unspecified atom stereocenters. The fraction of sp³-hybridized carbons (Fsp3) is 0.538. The maximum absolute atomic E-state index is 5.85. The molecular weight excluding hydrogens is 360 g/mol.